The van der Waals surface area contributed by atoms with E-state index in [1.54, 1.807) is 0 Å². The van der Waals surface area contributed by atoms with Gasteiger partial charge in [0.05, 0.1) is 0 Å². The zero-order chi connectivity index (χ0) is 18.1. The second-order valence-corrected chi connectivity index (χ2v) is 6.91. The molecule has 1 aromatic heterocycles. The predicted molar refractivity (Wildman–Crippen MR) is 100 cm³/mol. The van der Waals surface area contributed by atoms with Crippen molar-refractivity contribution < 1.29 is 9.59 Å². The predicted octanol–water partition coefficient (Wildman–Crippen LogP) is 2.63. The molecule has 3 aromatic rings. The number of H-pyrrole nitrogens is 1. The van der Waals surface area contributed by atoms with E-state index in [1.807, 2.05) is 60.8 Å². The van der Waals surface area contributed by atoms with Crippen LogP contribution in [0.3, 0.4) is 0 Å². The number of nitrogens with one attached hydrogen (secondary N) is 2. The smallest absolute Gasteiger partial charge is 0.243 e. The summed E-state index contributed by atoms with van der Waals surface area (Å²) in [6.07, 6.45) is 3.43. The molecule has 1 saturated carbocycles. The van der Waals surface area contributed by atoms with Crippen molar-refractivity contribution in [3.63, 3.8) is 0 Å². The van der Waals surface area contributed by atoms with E-state index in [2.05, 4.69) is 10.3 Å². The van der Waals surface area contributed by atoms with E-state index in [9.17, 15) is 9.59 Å². The normalized spacial score (nSPS) is 21.5. The zero-order valence-corrected chi connectivity index (χ0v) is 14.4. The van der Waals surface area contributed by atoms with Crippen LogP contribution in [-0.4, -0.2) is 22.3 Å². The number of amides is 2. The number of carbonyl (C=O) groups excluding carboxylic acids is 2. The van der Waals surface area contributed by atoms with Crippen molar-refractivity contribution >= 4 is 22.7 Å². The maximum absolute atomic E-state index is 12.5. The number of primary amides is 1. The first kappa shape index (κ1) is 16.4. The number of hydrogen-bond donors (Lipinski definition) is 3. The maximum Gasteiger partial charge on any atom is 0.243 e. The van der Waals surface area contributed by atoms with Crippen molar-refractivity contribution in [2.75, 3.05) is 0 Å². The van der Waals surface area contributed by atoms with Gasteiger partial charge in [-0.05, 0) is 30.0 Å². The molecule has 1 aliphatic rings. The van der Waals surface area contributed by atoms with Crippen LogP contribution in [0.15, 0.2) is 60.8 Å². The van der Waals surface area contributed by atoms with Crippen molar-refractivity contribution in [1.29, 1.82) is 0 Å². The minimum absolute atomic E-state index is 0.0433. The number of para-hydroxylation sites is 1. The molecule has 0 bridgehead atoms. The third kappa shape index (κ3) is 2.86. The number of nitrogens with two attached hydrogens (primary N) is 1. The van der Waals surface area contributed by atoms with Crippen LogP contribution in [0.2, 0.25) is 0 Å². The monoisotopic (exact) mass is 347 g/mol. The summed E-state index contributed by atoms with van der Waals surface area (Å²) in [6, 6.07) is 17.7. The van der Waals surface area contributed by atoms with Crippen LogP contribution in [0.25, 0.3) is 10.9 Å². The number of carbonyl (C=O) groups is 2. The molecule has 0 aliphatic heterocycles. The summed E-state index contributed by atoms with van der Waals surface area (Å²) in [6.45, 7) is 0. The fourth-order valence-corrected chi connectivity index (χ4v) is 3.72. The molecule has 0 saturated heterocycles. The summed E-state index contributed by atoms with van der Waals surface area (Å²) in [7, 11) is 0. The number of aromatic nitrogens is 1. The van der Waals surface area contributed by atoms with Crippen LogP contribution in [0.5, 0.6) is 0 Å². The van der Waals surface area contributed by atoms with E-state index in [4.69, 9.17) is 5.73 Å². The summed E-state index contributed by atoms with van der Waals surface area (Å²) < 4.78 is 0. The van der Waals surface area contributed by atoms with Gasteiger partial charge in [-0.2, -0.15) is 0 Å². The second-order valence-electron chi connectivity index (χ2n) is 6.91. The van der Waals surface area contributed by atoms with Crippen LogP contribution >= 0.6 is 0 Å². The number of fused-ring (bicyclic) bond motifs is 1. The van der Waals surface area contributed by atoms with E-state index in [0.29, 0.717) is 19.3 Å². The van der Waals surface area contributed by atoms with Gasteiger partial charge in [-0.25, -0.2) is 0 Å². The highest BCUT2D eigenvalue weighted by atomic mass is 16.2. The largest absolute Gasteiger partial charge is 0.368 e. The fraction of sp³-hybridized carbons (Fsp3) is 0.238. The van der Waals surface area contributed by atoms with Gasteiger partial charge in [-0.3, -0.25) is 9.59 Å². The number of rotatable bonds is 6. The Morgan fingerprint density at radius 1 is 1.12 bits per heavy atom. The molecule has 5 heteroatoms. The minimum Gasteiger partial charge on any atom is -0.368 e. The fourth-order valence-electron chi connectivity index (χ4n) is 3.72. The third-order valence-electron chi connectivity index (χ3n) is 5.26. The number of hydrogen-bond acceptors (Lipinski definition) is 2. The Labute approximate surface area is 151 Å². The molecule has 4 N–H and O–H groups in total. The third-order valence-corrected chi connectivity index (χ3v) is 5.26. The highest BCUT2D eigenvalue weighted by Gasteiger charge is 2.60. The van der Waals surface area contributed by atoms with Crippen LogP contribution in [-0.2, 0) is 16.0 Å². The van der Waals surface area contributed by atoms with Gasteiger partial charge in [0.1, 0.15) is 5.54 Å². The van der Waals surface area contributed by atoms with Gasteiger partial charge in [0, 0.05) is 29.4 Å². The lowest BCUT2D eigenvalue weighted by Crippen LogP contribution is -2.48. The van der Waals surface area contributed by atoms with Crippen LogP contribution < -0.4 is 11.1 Å². The molecule has 2 unspecified atom stereocenters. The van der Waals surface area contributed by atoms with E-state index >= 15 is 0 Å². The Balaban J connectivity index is 1.43. The molecule has 0 radical (unpaired) electrons. The number of aromatic amines is 1. The summed E-state index contributed by atoms with van der Waals surface area (Å²) in [5.41, 5.74) is 7.85. The summed E-state index contributed by atoms with van der Waals surface area (Å²) in [4.78, 5) is 27.7. The van der Waals surface area contributed by atoms with Crippen molar-refractivity contribution in [2.45, 2.75) is 30.7 Å². The molecule has 5 nitrogen and oxygen atoms in total. The van der Waals surface area contributed by atoms with Gasteiger partial charge in [0.2, 0.25) is 11.8 Å². The molecule has 1 heterocycles. The van der Waals surface area contributed by atoms with Crippen molar-refractivity contribution in [1.82, 2.24) is 10.3 Å². The first-order valence-electron chi connectivity index (χ1n) is 8.81. The second kappa shape index (κ2) is 6.33. The molecule has 26 heavy (non-hydrogen) atoms. The Morgan fingerprint density at radius 2 is 1.85 bits per heavy atom. The molecule has 2 atom stereocenters. The number of benzene rings is 2. The first-order valence-corrected chi connectivity index (χ1v) is 8.81. The molecule has 0 spiro atoms. The molecular weight excluding hydrogens is 326 g/mol. The van der Waals surface area contributed by atoms with Crippen molar-refractivity contribution in [3.05, 3.63) is 71.9 Å². The molecule has 1 fully saturated rings. The van der Waals surface area contributed by atoms with E-state index in [1.165, 1.54) is 0 Å². The Kier molecular flexibility index (Phi) is 3.99. The van der Waals surface area contributed by atoms with Crippen molar-refractivity contribution in [2.24, 2.45) is 5.73 Å². The highest BCUT2D eigenvalue weighted by Crippen LogP contribution is 2.51. The van der Waals surface area contributed by atoms with Gasteiger partial charge < -0.3 is 16.0 Å². The SMILES string of the molecule is NC(=O)C1(NC(=O)CCc2c[nH]c3ccccc23)CC1c1ccccc1. The quantitative estimate of drug-likeness (QED) is 0.640. The standard InChI is InChI=1S/C21H21N3O2/c22-20(26)21(12-17(21)14-6-2-1-3-7-14)24-19(25)11-10-15-13-23-18-9-5-4-8-16(15)18/h1-9,13,17,23H,10-12H2,(H2,22,26)(H,24,25). The summed E-state index contributed by atoms with van der Waals surface area (Å²) in [5.74, 6) is -0.655. The summed E-state index contributed by atoms with van der Waals surface area (Å²) in [5, 5.41) is 4.03. The Morgan fingerprint density at radius 3 is 2.62 bits per heavy atom. The lowest BCUT2D eigenvalue weighted by atomic mass is 10.0. The van der Waals surface area contributed by atoms with Crippen molar-refractivity contribution in [3.8, 4) is 0 Å². The first-order chi connectivity index (χ1) is 12.6. The molecule has 132 valence electrons. The molecule has 2 amide bonds. The minimum atomic E-state index is -0.946. The van der Waals surface area contributed by atoms with Crippen LogP contribution in [0.4, 0.5) is 0 Å². The van der Waals surface area contributed by atoms with Crippen LogP contribution in [0, 0.1) is 0 Å². The Hall–Kier alpha value is -3.08. The van der Waals surface area contributed by atoms with Gasteiger partial charge in [0.25, 0.3) is 0 Å². The average Bonchev–Trinajstić information content (AvgIpc) is 3.24. The number of aryl methyl sites for hydroxylation is 1. The van der Waals surface area contributed by atoms with E-state index < -0.39 is 11.4 Å². The van der Waals surface area contributed by atoms with Gasteiger partial charge in [0.15, 0.2) is 0 Å². The lowest BCUT2D eigenvalue weighted by Gasteiger charge is -2.16. The summed E-state index contributed by atoms with van der Waals surface area (Å²) >= 11 is 0. The van der Waals surface area contributed by atoms with Crippen LogP contribution in [0.1, 0.15) is 29.9 Å². The van der Waals surface area contributed by atoms with Gasteiger partial charge in [-0.15, -0.1) is 0 Å². The Bertz CT molecular complexity index is 964. The van der Waals surface area contributed by atoms with Gasteiger partial charge >= 0.3 is 0 Å². The molecule has 4 rings (SSSR count). The average molecular weight is 347 g/mol. The zero-order valence-electron chi connectivity index (χ0n) is 14.4. The topological polar surface area (TPSA) is 88.0 Å². The highest BCUT2D eigenvalue weighted by molar-refractivity contribution is 5.95. The van der Waals surface area contributed by atoms with Gasteiger partial charge in [-0.1, -0.05) is 48.5 Å². The van der Waals surface area contributed by atoms with E-state index in [-0.39, 0.29) is 11.8 Å². The lowest BCUT2D eigenvalue weighted by molar-refractivity contribution is -0.128. The molecular formula is C21H21N3O2. The van der Waals surface area contributed by atoms with E-state index in [0.717, 1.165) is 22.0 Å². The maximum atomic E-state index is 12.5. The molecule has 1 aliphatic carbocycles. The molecule has 2 aromatic carbocycles.